The Labute approximate surface area is 115 Å². The van der Waals surface area contributed by atoms with Crippen LogP contribution in [-0.2, 0) is 0 Å². The van der Waals surface area contributed by atoms with Crippen LogP contribution in [0.15, 0.2) is 47.1 Å². The number of aromatic nitrogens is 3. The van der Waals surface area contributed by atoms with E-state index in [4.69, 9.17) is 16.1 Å². The molecular weight excluding hydrogens is 262 g/mol. The minimum absolute atomic E-state index is 0.433. The molecule has 3 rings (SSSR count). The maximum absolute atomic E-state index is 5.74. The Bertz CT molecular complexity index is 707. The summed E-state index contributed by atoms with van der Waals surface area (Å²) in [6.45, 7) is 2.01. The summed E-state index contributed by atoms with van der Waals surface area (Å²) in [4.78, 5) is 8.37. The third-order valence-electron chi connectivity index (χ3n) is 2.79. The van der Waals surface area contributed by atoms with Gasteiger partial charge in [0.1, 0.15) is 5.15 Å². The highest BCUT2D eigenvalue weighted by Crippen LogP contribution is 2.24. The molecule has 94 valence electrons. The van der Waals surface area contributed by atoms with Crippen LogP contribution in [-0.4, -0.2) is 15.1 Å². The average Bonchev–Trinajstić information content (AvgIpc) is 2.89. The summed E-state index contributed by atoms with van der Waals surface area (Å²) in [6.07, 6.45) is 1.61. The van der Waals surface area contributed by atoms with Gasteiger partial charge in [-0.2, -0.15) is 4.98 Å². The zero-order valence-electron chi connectivity index (χ0n) is 10.2. The molecule has 0 aliphatic heterocycles. The van der Waals surface area contributed by atoms with Crippen molar-refractivity contribution >= 4 is 11.6 Å². The summed E-state index contributed by atoms with van der Waals surface area (Å²) >= 11 is 5.74. The van der Waals surface area contributed by atoms with E-state index in [2.05, 4.69) is 15.1 Å². The number of hydrogen-bond donors (Lipinski definition) is 0. The van der Waals surface area contributed by atoms with E-state index in [0.29, 0.717) is 16.9 Å². The minimum atomic E-state index is 0.433. The van der Waals surface area contributed by atoms with Crippen LogP contribution >= 0.6 is 11.6 Å². The smallest absolute Gasteiger partial charge is 0.259 e. The van der Waals surface area contributed by atoms with Crippen molar-refractivity contribution in [3.05, 3.63) is 53.3 Å². The van der Waals surface area contributed by atoms with E-state index in [1.165, 1.54) is 0 Å². The molecule has 0 saturated carbocycles. The molecule has 0 radical (unpaired) electrons. The molecule has 0 fully saturated rings. The molecule has 5 heteroatoms. The maximum atomic E-state index is 5.74. The van der Waals surface area contributed by atoms with Gasteiger partial charge in [-0.05, 0) is 24.6 Å². The highest BCUT2D eigenvalue weighted by atomic mass is 35.5. The Balaban J connectivity index is 2.00. The molecule has 2 heterocycles. The van der Waals surface area contributed by atoms with Crippen LogP contribution in [0.25, 0.3) is 22.8 Å². The highest BCUT2D eigenvalue weighted by molar-refractivity contribution is 6.29. The number of rotatable bonds is 2. The monoisotopic (exact) mass is 271 g/mol. The summed E-state index contributed by atoms with van der Waals surface area (Å²) in [5.74, 6) is 1.01. The normalized spacial score (nSPS) is 10.6. The first kappa shape index (κ1) is 11.9. The second-order valence-corrected chi connectivity index (χ2v) is 4.49. The molecule has 2 aromatic heterocycles. The van der Waals surface area contributed by atoms with E-state index in [0.717, 1.165) is 16.7 Å². The van der Waals surface area contributed by atoms with Crippen molar-refractivity contribution in [3.8, 4) is 22.8 Å². The first-order chi connectivity index (χ1) is 9.24. The Hall–Kier alpha value is -2.20. The zero-order chi connectivity index (χ0) is 13.2. The first-order valence-corrected chi connectivity index (χ1v) is 6.13. The fourth-order valence-corrected chi connectivity index (χ4v) is 1.89. The third kappa shape index (κ3) is 2.35. The lowest BCUT2D eigenvalue weighted by molar-refractivity contribution is 0.432. The van der Waals surface area contributed by atoms with Crippen molar-refractivity contribution in [2.45, 2.75) is 6.92 Å². The van der Waals surface area contributed by atoms with Gasteiger partial charge in [0.15, 0.2) is 0 Å². The van der Waals surface area contributed by atoms with Gasteiger partial charge in [0.2, 0.25) is 5.82 Å². The van der Waals surface area contributed by atoms with Crippen molar-refractivity contribution < 1.29 is 4.52 Å². The number of nitrogens with zero attached hydrogens (tertiary/aromatic N) is 3. The van der Waals surface area contributed by atoms with Crippen molar-refractivity contribution in [2.24, 2.45) is 0 Å². The molecule has 0 aliphatic carbocycles. The van der Waals surface area contributed by atoms with Crippen molar-refractivity contribution in [3.63, 3.8) is 0 Å². The fourth-order valence-electron chi connectivity index (χ4n) is 1.78. The van der Waals surface area contributed by atoms with Gasteiger partial charge in [0, 0.05) is 11.8 Å². The van der Waals surface area contributed by atoms with Crippen molar-refractivity contribution in [1.82, 2.24) is 15.1 Å². The fraction of sp³-hybridized carbons (Fsp3) is 0.0714. The largest absolute Gasteiger partial charge is 0.334 e. The summed E-state index contributed by atoms with van der Waals surface area (Å²) in [6, 6.07) is 11.4. The van der Waals surface area contributed by atoms with Gasteiger partial charge < -0.3 is 4.52 Å². The first-order valence-electron chi connectivity index (χ1n) is 5.76. The average molecular weight is 272 g/mol. The second kappa shape index (κ2) is 4.82. The predicted octanol–water partition coefficient (Wildman–Crippen LogP) is 3.76. The van der Waals surface area contributed by atoms with Gasteiger partial charge in [-0.3, -0.25) is 0 Å². The van der Waals surface area contributed by atoms with Gasteiger partial charge >= 0.3 is 0 Å². The topological polar surface area (TPSA) is 51.8 Å². The molecule has 0 spiro atoms. The highest BCUT2D eigenvalue weighted by Gasteiger charge is 2.12. The maximum Gasteiger partial charge on any atom is 0.259 e. The van der Waals surface area contributed by atoms with Gasteiger partial charge in [0.05, 0.1) is 5.56 Å². The lowest BCUT2D eigenvalue weighted by Gasteiger charge is -1.98. The molecule has 0 bridgehead atoms. The molecule has 1 aromatic carbocycles. The minimum Gasteiger partial charge on any atom is -0.334 e. The van der Waals surface area contributed by atoms with E-state index in [-0.39, 0.29) is 0 Å². The molecule has 0 amide bonds. The van der Waals surface area contributed by atoms with Crippen LogP contribution in [0.3, 0.4) is 0 Å². The van der Waals surface area contributed by atoms with E-state index >= 15 is 0 Å². The van der Waals surface area contributed by atoms with E-state index in [9.17, 15) is 0 Å². The summed E-state index contributed by atoms with van der Waals surface area (Å²) < 4.78 is 5.26. The number of aryl methyl sites for hydroxylation is 1. The third-order valence-corrected chi connectivity index (χ3v) is 3.01. The summed E-state index contributed by atoms with van der Waals surface area (Å²) in [7, 11) is 0. The molecular formula is C14H10ClN3O. The van der Waals surface area contributed by atoms with Gasteiger partial charge in [-0.1, -0.05) is 41.0 Å². The van der Waals surface area contributed by atoms with Crippen LogP contribution in [0, 0.1) is 6.92 Å². The molecule has 0 aliphatic rings. The second-order valence-electron chi connectivity index (χ2n) is 4.11. The number of halogens is 1. The number of benzene rings is 1. The van der Waals surface area contributed by atoms with E-state index in [1.807, 2.05) is 31.2 Å². The summed E-state index contributed by atoms with van der Waals surface area (Å²) in [5.41, 5.74) is 2.81. The Kier molecular flexibility index (Phi) is 3.01. The Morgan fingerprint density at radius 1 is 1.11 bits per heavy atom. The lowest BCUT2D eigenvalue weighted by Crippen LogP contribution is -1.85. The lowest BCUT2D eigenvalue weighted by atomic mass is 10.1. The van der Waals surface area contributed by atoms with Crippen molar-refractivity contribution in [1.29, 1.82) is 0 Å². The van der Waals surface area contributed by atoms with Gasteiger partial charge in [0.25, 0.3) is 5.89 Å². The van der Waals surface area contributed by atoms with Crippen LogP contribution in [0.4, 0.5) is 0 Å². The Morgan fingerprint density at radius 2 is 1.95 bits per heavy atom. The molecule has 0 atom stereocenters. The molecule has 3 aromatic rings. The molecule has 0 N–H and O–H groups in total. The van der Waals surface area contributed by atoms with Crippen LogP contribution < -0.4 is 0 Å². The molecule has 0 saturated heterocycles. The number of pyridine rings is 1. The molecule has 19 heavy (non-hydrogen) atoms. The van der Waals surface area contributed by atoms with Gasteiger partial charge in [-0.15, -0.1) is 0 Å². The number of hydrogen-bond acceptors (Lipinski definition) is 4. The molecule has 4 nitrogen and oxygen atoms in total. The Morgan fingerprint density at radius 3 is 2.68 bits per heavy atom. The van der Waals surface area contributed by atoms with E-state index in [1.54, 1.807) is 18.3 Å². The van der Waals surface area contributed by atoms with E-state index < -0.39 is 0 Å². The van der Waals surface area contributed by atoms with Crippen LogP contribution in [0.2, 0.25) is 5.15 Å². The SMILES string of the molecule is Cc1ccccc1-c1noc(-c2ccc(Cl)nc2)n1. The van der Waals surface area contributed by atoms with Crippen LogP contribution in [0.5, 0.6) is 0 Å². The zero-order valence-corrected chi connectivity index (χ0v) is 10.9. The van der Waals surface area contributed by atoms with Crippen LogP contribution in [0.1, 0.15) is 5.56 Å². The quantitative estimate of drug-likeness (QED) is 0.666. The predicted molar refractivity (Wildman–Crippen MR) is 72.7 cm³/mol. The van der Waals surface area contributed by atoms with Crippen molar-refractivity contribution in [2.75, 3.05) is 0 Å². The standard InChI is InChI=1S/C14H10ClN3O/c1-9-4-2-3-5-11(9)13-17-14(19-18-13)10-6-7-12(15)16-8-10/h2-8H,1H3. The summed E-state index contributed by atoms with van der Waals surface area (Å²) in [5, 5.41) is 4.43. The molecule has 0 unspecified atom stereocenters. The van der Waals surface area contributed by atoms with Gasteiger partial charge in [-0.25, -0.2) is 4.98 Å².